The fraction of sp³-hybridized carbons (Fsp3) is 0.583. The zero-order valence-corrected chi connectivity index (χ0v) is 12.2. The lowest BCUT2D eigenvalue weighted by Gasteiger charge is -2.15. The highest BCUT2D eigenvalue weighted by molar-refractivity contribution is 6.32. The van der Waals surface area contributed by atoms with E-state index >= 15 is 0 Å². The van der Waals surface area contributed by atoms with Gasteiger partial charge in [0.05, 0.1) is 38.1 Å². The van der Waals surface area contributed by atoms with Crippen molar-refractivity contribution in [2.75, 3.05) is 25.1 Å². The van der Waals surface area contributed by atoms with E-state index in [-0.39, 0.29) is 30.1 Å². The van der Waals surface area contributed by atoms with Crippen LogP contribution >= 0.6 is 11.6 Å². The Morgan fingerprint density at radius 1 is 1.60 bits per heavy atom. The van der Waals surface area contributed by atoms with Crippen LogP contribution < -0.4 is 10.9 Å². The van der Waals surface area contributed by atoms with Crippen LogP contribution in [0.25, 0.3) is 0 Å². The topological polar surface area (TPSA) is 93.3 Å². The summed E-state index contributed by atoms with van der Waals surface area (Å²) in [5, 5.41) is 8.94. The van der Waals surface area contributed by atoms with Crippen LogP contribution in [-0.4, -0.2) is 42.0 Å². The first-order chi connectivity index (χ1) is 9.54. The maximum Gasteiger partial charge on any atom is 0.308 e. The van der Waals surface area contributed by atoms with Gasteiger partial charge in [0.25, 0.3) is 5.56 Å². The van der Waals surface area contributed by atoms with Crippen LogP contribution in [0.4, 0.5) is 5.69 Å². The fourth-order valence-corrected chi connectivity index (χ4v) is 1.59. The van der Waals surface area contributed by atoms with E-state index in [1.807, 2.05) is 6.92 Å². The van der Waals surface area contributed by atoms with E-state index in [0.717, 1.165) is 0 Å². The quantitative estimate of drug-likeness (QED) is 0.553. The molecule has 0 amide bonds. The van der Waals surface area contributed by atoms with Crippen LogP contribution in [0, 0.1) is 0 Å². The molecule has 1 atom stereocenters. The van der Waals surface area contributed by atoms with Crippen molar-refractivity contribution in [3.8, 4) is 0 Å². The highest BCUT2D eigenvalue weighted by Crippen LogP contribution is 2.15. The minimum absolute atomic E-state index is 0.0540. The summed E-state index contributed by atoms with van der Waals surface area (Å²) in [6, 6.07) is -0.0849. The van der Waals surface area contributed by atoms with Crippen LogP contribution in [0.1, 0.15) is 20.3 Å². The number of aromatic nitrogens is 2. The molecule has 1 rings (SSSR count). The monoisotopic (exact) mass is 303 g/mol. The number of rotatable bonds is 8. The third kappa shape index (κ3) is 5.58. The van der Waals surface area contributed by atoms with Crippen LogP contribution in [0.15, 0.2) is 11.0 Å². The highest BCUT2D eigenvalue weighted by Gasteiger charge is 2.09. The maximum absolute atomic E-state index is 11.2. The lowest BCUT2D eigenvalue weighted by molar-refractivity contribution is -0.144. The molecular weight excluding hydrogens is 286 g/mol. The van der Waals surface area contributed by atoms with Gasteiger partial charge in [-0.05, 0) is 13.8 Å². The second-order valence-corrected chi connectivity index (χ2v) is 4.48. The van der Waals surface area contributed by atoms with E-state index < -0.39 is 5.56 Å². The van der Waals surface area contributed by atoms with Crippen LogP contribution in [0.2, 0.25) is 5.02 Å². The molecule has 0 radical (unpaired) electrons. The molecule has 2 N–H and O–H groups in total. The lowest BCUT2D eigenvalue weighted by atomic mass is 10.3. The third-order valence-corrected chi connectivity index (χ3v) is 2.70. The van der Waals surface area contributed by atoms with Crippen molar-refractivity contribution in [3.63, 3.8) is 0 Å². The van der Waals surface area contributed by atoms with Crippen molar-refractivity contribution in [1.82, 2.24) is 10.2 Å². The van der Waals surface area contributed by atoms with Crippen molar-refractivity contribution in [1.29, 1.82) is 0 Å². The summed E-state index contributed by atoms with van der Waals surface area (Å²) >= 11 is 5.83. The highest BCUT2D eigenvalue weighted by atomic mass is 35.5. The predicted molar refractivity (Wildman–Crippen MR) is 75.0 cm³/mol. The molecule has 0 unspecified atom stereocenters. The van der Waals surface area contributed by atoms with E-state index in [4.69, 9.17) is 21.1 Å². The molecule has 20 heavy (non-hydrogen) atoms. The first-order valence-corrected chi connectivity index (χ1v) is 6.65. The third-order valence-electron chi connectivity index (χ3n) is 2.32. The Bertz CT molecular complexity index is 492. The Kier molecular flexibility index (Phi) is 7.03. The number of aromatic amines is 1. The summed E-state index contributed by atoms with van der Waals surface area (Å²) in [7, 11) is 0. The molecule has 1 heterocycles. The van der Waals surface area contributed by atoms with Crippen molar-refractivity contribution < 1.29 is 14.3 Å². The van der Waals surface area contributed by atoms with Gasteiger partial charge in [0, 0.05) is 6.04 Å². The second-order valence-electron chi connectivity index (χ2n) is 4.10. The summed E-state index contributed by atoms with van der Waals surface area (Å²) < 4.78 is 10.1. The van der Waals surface area contributed by atoms with Gasteiger partial charge in [0.2, 0.25) is 0 Å². The lowest BCUT2D eigenvalue weighted by Crippen LogP contribution is -2.24. The van der Waals surface area contributed by atoms with Gasteiger partial charge in [-0.1, -0.05) is 11.6 Å². The number of H-pyrrole nitrogens is 1. The minimum Gasteiger partial charge on any atom is -0.466 e. The van der Waals surface area contributed by atoms with Gasteiger partial charge in [0.15, 0.2) is 0 Å². The smallest absolute Gasteiger partial charge is 0.308 e. The van der Waals surface area contributed by atoms with Gasteiger partial charge in [-0.25, -0.2) is 5.10 Å². The summed E-state index contributed by atoms with van der Waals surface area (Å²) in [5.74, 6) is -0.282. The van der Waals surface area contributed by atoms with E-state index in [9.17, 15) is 9.59 Å². The van der Waals surface area contributed by atoms with E-state index in [1.54, 1.807) is 6.92 Å². The van der Waals surface area contributed by atoms with Gasteiger partial charge in [-0.15, -0.1) is 0 Å². The molecule has 8 heteroatoms. The van der Waals surface area contributed by atoms with Crippen molar-refractivity contribution in [2.24, 2.45) is 0 Å². The average Bonchev–Trinajstić information content (AvgIpc) is 2.40. The number of hydrogen-bond donors (Lipinski definition) is 2. The summed E-state index contributed by atoms with van der Waals surface area (Å²) in [4.78, 5) is 22.3. The zero-order valence-electron chi connectivity index (χ0n) is 11.4. The number of halogens is 1. The summed E-state index contributed by atoms with van der Waals surface area (Å²) in [6.07, 6.45) is 1.65. The standard InChI is InChI=1S/C12H18ClN3O4/c1-3-20-10(17)4-5-19-7-8(2)15-9-6-14-16-12(18)11(9)13/h6,8H,3-5,7H2,1-2H3,(H2,15,16,18)/t8-/m0/s1. The number of anilines is 1. The molecule has 0 saturated heterocycles. The molecule has 0 fully saturated rings. The van der Waals surface area contributed by atoms with Gasteiger partial charge in [-0.2, -0.15) is 5.10 Å². The summed E-state index contributed by atoms with van der Waals surface area (Å²) in [5.41, 5.74) is -0.0102. The molecule has 112 valence electrons. The van der Waals surface area contributed by atoms with Gasteiger partial charge < -0.3 is 14.8 Å². The molecular formula is C12H18ClN3O4. The molecule has 1 aromatic heterocycles. The number of nitrogens with one attached hydrogen (secondary N) is 2. The average molecular weight is 304 g/mol. The number of nitrogens with zero attached hydrogens (tertiary/aromatic N) is 1. The molecule has 0 bridgehead atoms. The fourth-order valence-electron chi connectivity index (χ4n) is 1.44. The van der Waals surface area contributed by atoms with Crippen LogP contribution in [0.5, 0.6) is 0 Å². The minimum atomic E-state index is -0.452. The second kappa shape index (κ2) is 8.55. The molecule has 0 spiro atoms. The Morgan fingerprint density at radius 3 is 3.05 bits per heavy atom. The van der Waals surface area contributed by atoms with Crippen LogP contribution in [-0.2, 0) is 14.3 Å². The SMILES string of the molecule is CCOC(=O)CCOC[C@H](C)Nc1cn[nH]c(=O)c1Cl. The van der Waals surface area contributed by atoms with Gasteiger partial charge >= 0.3 is 5.97 Å². The summed E-state index contributed by atoms with van der Waals surface area (Å²) in [6.45, 7) is 4.63. The number of hydrogen-bond acceptors (Lipinski definition) is 6. The normalized spacial score (nSPS) is 11.9. The molecule has 0 aliphatic rings. The maximum atomic E-state index is 11.2. The van der Waals surface area contributed by atoms with E-state index in [1.165, 1.54) is 6.20 Å². The van der Waals surface area contributed by atoms with Crippen molar-refractivity contribution in [2.45, 2.75) is 26.3 Å². The molecule has 0 saturated carbocycles. The molecule has 1 aromatic rings. The zero-order chi connectivity index (χ0) is 15.0. The van der Waals surface area contributed by atoms with E-state index in [0.29, 0.717) is 18.9 Å². The number of ether oxygens (including phenoxy) is 2. The Balaban J connectivity index is 2.30. The molecule has 0 aliphatic heterocycles. The molecule has 0 aromatic carbocycles. The first-order valence-electron chi connectivity index (χ1n) is 6.27. The number of carbonyl (C=O) groups is 1. The Hall–Kier alpha value is -1.60. The van der Waals surface area contributed by atoms with Crippen LogP contribution in [0.3, 0.4) is 0 Å². The van der Waals surface area contributed by atoms with Gasteiger partial charge in [0.1, 0.15) is 5.02 Å². The Labute approximate surface area is 121 Å². The molecule has 7 nitrogen and oxygen atoms in total. The van der Waals surface area contributed by atoms with Crippen molar-refractivity contribution >= 4 is 23.3 Å². The number of esters is 1. The Morgan fingerprint density at radius 2 is 2.35 bits per heavy atom. The van der Waals surface area contributed by atoms with Crippen molar-refractivity contribution in [3.05, 3.63) is 21.6 Å². The number of carbonyl (C=O) groups excluding carboxylic acids is 1. The molecule has 0 aliphatic carbocycles. The predicted octanol–water partition coefficient (Wildman–Crippen LogP) is 1.19. The van der Waals surface area contributed by atoms with E-state index in [2.05, 4.69) is 15.5 Å². The first kappa shape index (κ1) is 16.5. The largest absolute Gasteiger partial charge is 0.466 e. The van der Waals surface area contributed by atoms with Gasteiger partial charge in [-0.3, -0.25) is 9.59 Å².